The molecule has 1 aromatic heterocycles. The molecule has 0 saturated heterocycles. The molecule has 8 heteroatoms. The molecule has 0 amide bonds. The molecular formula is C33H44N5O3-. The van der Waals surface area contributed by atoms with E-state index in [1.54, 1.807) is 6.20 Å². The molecule has 0 saturated carbocycles. The van der Waals surface area contributed by atoms with Crippen molar-refractivity contribution in [2.24, 2.45) is 16.5 Å². The molecule has 2 aromatic carbocycles. The van der Waals surface area contributed by atoms with Crippen molar-refractivity contribution in [3.63, 3.8) is 0 Å². The molecule has 0 aliphatic rings. The number of aldehydes is 1. The lowest BCUT2D eigenvalue weighted by molar-refractivity contribution is -0.131. The van der Waals surface area contributed by atoms with Crippen LogP contribution in [0.3, 0.4) is 0 Å². The zero-order valence-corrected chi connectivity index (χ0v) is 24.1. The number of nitrogens with one attached hydrogen (secondary N) is 1. The van der Waals surface area contributed by atoms with Crippen LogP contribution in [0.4, 0.5) is 5.82 Å². The average molecular weight is 559 g/mol. The van der Waals surface area contributed by atoms with Gasteiger partial charge in [-0.25, -0.2) is 9.79 Å². The second-order valence-electron chi connectivity index (χ2n) is 10.6. The number of fused-ring (bicyclic) bond motifs is 1. The van der Waals surface area contributed by atoms with E-state index in [0.717, 1.165) is 41.9 Å². The van der Waals surface area contributed by atoms with Gasteiger partial charge in [0.15, 0.2) is 5.96 Å². The lowest BCUT2D eigenvalue weighted by Gasteiger charge is -2.29. The molecular weight excluding hydrogens is 514 g/mol. The number of carboxylic acids is 1. The van der Waals surface area contributed by atoms with E-state index >= 15 is 0 Å². The summed E-state index contributed by atoms with van der Waals surface area (Å²) in [5, 5.41) is 16.7. The first-order chi connectivity index (χ1) is 19.9. The number of nitrogens with two attached hydrogens (primary N) is 2. The van der Waals surface area contributed by atoms with Crippen LogP contribution in [0.2, 0.25) is 0 Å². The number of aromatic nitrogens is 1. The molecule has 41 heavy (non-hydrogen) atoms. The van der Waals surface area contributed by atoms with E-state index < -0.39 is 12.0 Å². The van der Waals surface area contributed by atoms with Crippen molar-refractivity contribution in [3.8, 4) is 0 Å². The number of carbonyl (C=O) groups is 2. The predicted octanol–water partition coefficient (Wildman–Crippen LogP) is 6.88. The fourth-order valence-corrected chi connectivity index (χ4v) is 5.29. The number of rotatable bonds is 19. The normalized spacial score (nSPS) is 13.0. The maximum Gasteiger partial charge on any atom is 0.328 e. The smallest absolute Gasteiger partial charge is 0.328 e. The number of benzene rings is 2. The Hall–Kier alpha value is -4.07. The number of H-pyrrole nitrogens is 1. The van der Waals surface area contributed by atoms with Gasteiger partial charge in [0, 0.05) is 12.5 Å². The Labute approximate surface area is 243 Å². The zero-order valence-electron chi connectivity index (χ0n) is 24.1. The fraction of sp³-hybridized carbons (Fsp3) is 0.424. The van der Waals surface area contributed by atoms with Crippen LogP contribution in [-0.4, -0.2) is 40.9 Å². The van der Waals surface area contributed by atoms with Crippen LogP contribution >= 0.6 is 0 Å². The van der Waals surface area contributed by atoms with Crippen LogP contribution in [0.15, 0.2) is 71.4 Å². The molecule has 1 heterocycles. The maximum absolute atomic E-state index is 11.7. The van der Waals surface area contributed by atoms with Crippen molar-refractivity contribution < 1.29 is 14.7 Å². The summed E-state index contributed by atoms with van der Waals surface area (Å²) in [4.78, 5) is 30.0. The highest BCUT2D eigenvalue weighted by molar-refractivity contribution is 5.84. The summed E-state index contributed by atoms with van der Waals surface area (Å²) in [5.41, 5.74) is 14.0. The topological polar surface area (TPSA) is 149 Å². The predicted molar refractivity (Wildman–Crippen MR) is 168 cm³/mol. The Morgan fingerprint density at radius 2 is 1.78 bits per heavy atom. The van der Waals surface area contributed by atoms with Gasteiger partial charge in [-0.05, 0) is 58.7 Å². The minimum Gasteiger partial charge on any atom is -0.478 e. The van der Waals surface area contributed by atoms with Crippen molar-refractivity contribution in [2.75, 3.05) is 6.54 Å². The summed E-state index contributed by atoms with van der Waals surface area (Å²) < 4.78 is 0. The lowest BCUT2D eigenvalue weighted by Crippen LogP contribution is -2.24. The van der Waals surface area contributed by atoms with Crippen LogP contribution in [0.1, 0.15) is 81.8 Å². The molecule has 3 aromatic rings. The summed E-state index contributed by atoms with van der Waals surface area (Å²) >= 11 is 0. The Morgan fingerprint density at radius 1 is 1.00 bits per heavy atom. The van der Waals surface area contributed by atoms with E-state index in [9.17, 15) is 14.7 Å². The summed E-state index contributed by atoms with van der Waals surface area (Å²) in [5.74, 6) is -0.194. The third-order valence-corrected chi connectivity index (χ3v) is 7.47. The van der Waals surface area contributed by atoms with Gasteiger partial charge >= 0.3 is 5.97 Å². The number of aliphatic imine (C=N–C) groups is 1. The monoisotopic (exact) mass is 558 g/mol. The average Bonchev–Trinajstić information content (AvgIpc) is 3.46. The van der Waals surface area contributed by atoms with E-state index in [1.807, 2.05) is 18.2 Å². The molecule has 220 valence electrons. The van der Waals surface area contributed by atoms with E-state index in [0.29, 0.717) is 24.2 Å². The molecule has 0 unspecified atom stereocenters. The Morgan fingerprint density at radius 3 is 2.49 bits per heavy atom. The Bertz CT molecular complexity index is 1300. The molecule has 6 N–H and O–H groups in total. The molecule has 0 bridgehead atoms. The zero-order chi connectivity index (χ0) is 29.5. The number of hydrogen-bond acceptors (Lipinski definition) is 3. The standard InChI is InChI=1S/C33H44N5O3/c1-2-3-4-5-6-7-9-25(27-14-13-26-12-11-24(17-19-39)20-28(26)21-27)15-16-30(38-31-10-8-18-36-31)29(22-32(40)41)23-37-33(34)35/h8,10-14,18-22,25,30,36H,2-7,9,15-17,23H2,1H3,(H,40,41)(H4,34,35,37)/q-1/b29-22+/t25-,30-/m1/s1. The molecule has 0 aliphatic carbocycles. The van der Waals surface area contributed by atoms with Crippen molar-refractivity contribution in [2.45, 2.75) is 83.1 Å². The molecule has 0 aliphatic heterocycles. The number of aliphatic carboxylic acids is 1. The number of guanidine groups is 1. The third-order valence-electron chi connectivity index (χ3n) is 7.47. The van der Waals surface area contributed by atoms with Crippen molar-refractivity contribution in [1.29, 1.82) is 0 Å². The highest BCUT2D eigenvalue weighted by atomic mass is 16.4. The van der Waals surface area contributed by atoms with E-state index in [-0.39, 0.29) is 18.4 Å². The summed E-state index contributed by atoms with van der Waals surface area (Å²) in [6.45, 7) is 2.30. The fourth-order valence-electron chi connectivity index (χ4n) is 5.29. The van der Waals surface area contributed by atoms with Gasteiger partial charge in [0.2, 0.25) is 0 Å². The van der Waals surface area contributed by atoms with E-state index in [2.05, 4.69) is 47.2 Å². The van der Waals surface area contributed by atoms with Crippen LogP contribution in [0, 0.1) is 0 Å². The van der Waals surface area contributed by atoms with Crippen LogP contribution in [-0.2, 0) is 16.0 Å². The first kappa shape index (κ1) is 31.5. The van der Waals surface area contributed by atoms with E-state index in [1.165, 1.54) is 43.7 Å². The molecule has 3 rings (SSSR count). The summed E-state index contributed by atoms with van der Waals surface area (Å²) in [6.07, 6.45) is 14.1. The van der Waals surface area contributed by atoms with Gasteiger partial charge in [-0.2, -0.15) is 0 Å². The minimum absolute atomic E-state index is 0.0705. The van der Waals surface area contributed by atoms with E-state index in [4.69, 9.17) is 16.8 Å². The quantitative estimate of drug-likeness (QED) is 0.0416. The third kappa shape index (κ3) is 10.8. The Kier molecular flexibility index (Phi) is 13.0. The van der Waals surface area contributed by atoms with Crippen molar-refractivity contribution in [3.05, 3.63) is 82.8 Å². The number of carboxylic acid groups (broad SMARTS) is 1. The van der Waals surface area contributed by atoms with Gasteiger partial charge in [-0.3, -0.25) is 0 Å². The van der Waals surface area contributed by atoms with Crippen LogP contribution in [0.25, 0.3) is 16.1 Å². The number of aromatic amines is 1. The number of nitrogens with zero attached hydrogens (tertiary/aromatic N) is 2. The van der Waals surface area contributed by atoms with Gasteiger partial charge in [-0.1, -0.05) is 106 Å². The van der Waals surface area contributed by atoms with Gasteiger partial charge in [-0.15, -0.1) is 0 Å². The first-order valence-electron chi connectivity index (χ1n) is 14.7. The number of carbonyl (C=O) groups excluding carboxylic acids is 1. The molecule has 0 spiro atoms. The maximum atomic E-state index is 11.7. The summed E-state index contributed by atoms with van der Waals surface area (Å²) in [6, 6.07) is 16.1. The molecule has 8 nitrogen and oxygen atoms in total. The SMILES string of the molecule is CCCCCCCC[C@H](CC[C@@H]([N-]c1ccc[nH]1)/C(=C/C(=O)O)CN=C(N)N)c1ccc2ccc(CC=O)cc2c1. The van der Waals surface area contributed by atoms with Crippen molar-refractivity contribution >= 4 is 34.8 Å². The largest absolute Gasteiger partial charge is 0.478 e. The van der Waals surface area contributed by atoms with Gasteiger partial charge < -0.3 is 31.7 Å². The summed E-state index contributed by atoms with van der Waals surface area (Å²) in [7, 11) is 0. The Balaban J connectivity index is 1.87. The van der Waals surface area contributed by atoms with Gasteiger partial charge in [0.1, 0.15) is 6.29 Å². The van der Waals surface area contributed by atoms with Crippen molar-refractivity contribution in [1.82, 2.24) is 4.98 Å². The second kappa shape index (κ2) is 16.9. The molecule has 0 radical (unpaired) electrons. The molecule has 2 atom stereocenters. The van der Waals surface area contributed by atoms with Crippen LogP contribution < -0.4 is 11.5 Å². The number of unbranched alkanes of at least 4 members (excludes halogenated alkanes) is 5. The highest BCUT2D eigenvalue weighted by Gasteiger charge is 2.18. The number of hydrogen-bond donors (Lipinski definition) is 4. The second-order valence-corrected chi connectivity index (χ2v) is 10.6. The minimum atomic E-state index is -1.05. The highest BCUT2D eigenvalue weighted by Crippen LogP contribution is 2.34. The first-order valence-corrected chi connectivity index (χ1v) is 14.7. The van der Waals surface area contributed by atoms with Gasteiger partial charge in [0.25, 0.3) is 0 Å². The molecule has 0 fully saturated rings. The van der Waals surface area contributed by atoms with Crippen LogP contribution in [0.5, 0.6) is 0 Å². The lowest BCUT2D eigenvalue weighted by atomic mass is 9.85. The van der Waals surface area contributed by atoms with Gasteiger partial charge in [0.05, 0.1) is 6.54 Å².